The minimum absolute atomic E-state index is 0.0658. The molecule has 0 amide bonds. The van der Waals surface area contributed by atoms with E-state index in [9.17, 15) is 28.4 Å². The molecule has 0 aliphatic carbocycles. The Kier molecular flexibility index (Phi) is 6.42. The number of alkyl halides is 3. The lowest BCUT2D eigenvalue weighted by atomic mass is 10.2. The van der Waals surface area contributed by atoms with E-state index in [2.05, 4.69) is 0 Å². The van der Waals surface area contributed by atoms with E-state index in [1.165, 1.54) is 12.1 Å². The molecule has 1 aromatic heterocycles. The zero-order valence-electron chi connectivity index (χ0n) is 12.3. The molecule has 12 heteroatoms. The van der Waals surface area contributed by atoms with Gasteiger partial charge >= 0.3 is 11.4 Å². The third kappa shape index (κ3) is 6.35. The number of halogens is 3. The summed E-state index contributed by atoms with van der Waals surface area (Å²) < 4.78 is 60.6. The molecule has 0 saturated heterocycles. The normalized spacial score (nSPS) is 11.4. The minimum Gasteiger partial charge on any atom is -0.741 e. The van der Waals surface area contributed by atoms with Crippen molar-refractivity contribution in [2.45, 2.75) is 12.1 Å². The maximum absolute atomic E-state index is 10.7. The van der Waals surface area contributed by atoms with Crippen LogP contribution in [-0.4, -0.2) is 28.5 Å². The third-order valence-electron chi connectivity index (χ3n) is 2.70. The van der Waals surface area contributed by atoms with Gasteiger partial charge in [-0.3, -0.25) is 10.1 Å². The number of hydrogen-bond acceptors (Lipinski definition) is 6. The summed E-state index contributed by atoms with van der Waals surface area (Å²) in [5.74, 6) is 0.158. The average Bonchev–Trinajstić information content (AvgIpc) is 2.49. The van der Waals surface area contributed by atoms with Gasteiger partial charge in [0.25, 0.3) is 5.69 Å². The molecule has 0 spiro atoms. The summed E-state index contributed by atoms with van der Waals surface area (Å²) in [6.07, 6.45) is 1.75. The monoisotopic (exact) mass is 380 g/mol. The smallest absolute Gasteiger partial charge is 0.485 e. The molecule has 0 bridgehead atoms. The van der Waals surface area contributed by atoms with Gasteiger partial charge in [-0.1, -0.05) is 0 Å². The Balaban J connectivity index is 0.000000333. The van der Waals surface area contributed by atoms with Crippen LogP contribution in [0.3, 0.4) is 0 Å². The zero-order chi connectivity index (χ0) is 19.3. The first kappa shape index (κ1) is 20.3. The van der Waals surface area contributed by atoms with Crippen molar-refractivity contribution in [3.05, 3.63) is 64.3 Å². The van der Waals surface area contributed by atoms with Crippen molar-refractivity contribution in [3.63, 3.8) is 0 Å². The first-order chi connectivity index (χ1) is 11.4. The molecule has 1 N–H and O–H groups in total. The number of aromatic hydroxyl groups is 1. The van der Waals surface area contributed by atoms with E-state index in [-0.39, 0.29) is 11.6 Å². The zero-order valence-corrected chi connectivity index (χ0v) is 13.1. The number of rotatable bonds is 3. The highest BCUT2D eigenvalue weighted by molar-refractivity contribution is 7.86. The number of benzene rings is 1. The SMILES string of the molecule is O=S(=O)([O-])C(F)(F)F.O=[N+]([O-])c1ccc(C[n+]2ccccc2O)cc1. The number of pyridine rings is 1. The van der Waals surface area contributed by atoms with Crippen molar-refractivity contribution < 1.29 is 40.7 Å². The molecule has 0 saturated carbocycles. The average molecular weight is 380 g/mol. The summed E-state index contributed by atoms with van der Waals surface area (Å²) in [5, 5.41) is 20.1. The lowest BCUT2D eigenvalue weighted by Gasteiger charge is -2.08. The van der Waals surface area contributed by atoms with Gasteiger partial charge in [0.15, 0.2) is 22.9 Å². The van der Waals surface area contributed by atoms with Gasteiger partial charge < -0.3 is 9.66 Å². The maximum atomic E-state index is 10.7. The highest BCUT2D eigenvalue weighted by atomic mass is 32.2. The predicted octanol–water partition coefficient (Wildman–Crippen LogP) is 1.69. The molecule has 1 heterocycles. The second-order valence-electron chi connectivity index (χ2n) is 4.51. The van der Waals surface area contributed by atoms with E-state index in [4.69, 9.17) is 13.0 Å². The lowest BCUT2D eigenvalue weighted by Crippen LogP contribution is -2.33. The summed E-state index contributed by atoms with van der Waals surface area (Å²) in [6.45, 7) is 0.477. The number of aromatic nitrogens is 1. The van der Waals surface area contributed by atoms with Crippen LogP contribution in [0.25, 0.3) is 0 Å². The molecule has 1 aromatic carbocycles. The van der Waals surface area contributed by atoms with E-state index in [1.807, 2.05) is 6.07 Å². The van der Waals surface area contributed by atoms with Crippen LogP contribution in [0.5, 0.6) is 5.88 Å². The van der Waals surface area contributed by atoms with Gasteiger partial charge in [0.05, 0.1) is 11.0 Å². The van der Waals surface area contributed by atoms with Gasteiger partial charge in [-0.25, -0.2) is 8.42 Å². The van der Waals surface area contributed by atoms with Crippen LogP contribution in [0.2, 0.25) is 0 Å². The maximum Gasteiger partial charge on any atom is 0.485 e. The Morgan fingerprint density at radius 2 is 1.64 bits per heavy atom. The molecular weight excluding hydrogens is 369 g/mol. The summed E-state index contributed by atoms with van der Waals surface area (Å²) in [4.78, 5) is 10.1. The Bertz CT molecular complexity index is 838. The highest BCUT2D eigenvalue weighted by Crippen LogP contribution is 2.20. The largest absolute Gasteiger partial charge is 0.741 e. The summed E-state index contributed by atoms with van der Waals surface area (Å²) in [5.41, 5.74) is -4.69. The van der Waals surface area contributed by atoms with E-state index < -0.39 is 20.5 Å². The fourth-order valence-corrected chi connectivity index (χ4v) is 1.52. The predicted molar refractivity (Wildman–Crippen MR) is 76.3 cm³/mol. The third-order valence-corrected chi connectivity index (χ3v) is 3.27. The second-order valence-corrected chi connectivity index (χ2v) is 5.88. The first-order valence-corrected chi connectivity index (χ1v) is 7.75. The van der Waals surface area contributed by atoms with Gasteiger partial charge in [0.1, 0.15) is 0 Å². The van der Waals surface area contributed by atoms with Gasteiger partial charge in [-0.05, 0) is 18.2 Å². The molecule has 0 unspecified atom stereocenters. The van der Waals surface area contributed by atoms with E-state index in [0.717, 1.165) is 5.56 Å². The summed E-state index contributed by atoms with van der Waals surface area (Å²) in [6, 6.07) is 11.4. The van der Waals surface area contributed by atoms with Crippen molar-refractivity contribution in [3.8, 4) is 5.88 Å². The van der Waals surface area contributed by atoms with Crippen LogP contribution in [0.4, 0.5) is 18.9 Å². The molecule has 2 rings (SSSR count). The minimum atomic E-state index is -6.09. The van der Waals surface area contributed by atoms with Gasteiger partial charge in [0.2, 0.25) is 0 Å². The van der Waals surface area contributed by atoms with E-state index in [1.54, 1.807) is 35.0 Å². The molecule has 8 nitrogen and oxygen atoms in total. The van der Waals surface area contributed by atoms with Crippen molar-refractivity contribution in [1.82, 2.24) is 0 Å². The standard InChI is InChI=1S/C12H10N2O3.CHF3O3S/c15-12-3-1-2-8-13(12)9-10-4-6-11(7-5-10)14(16)17;2-1(3,4)8(5,6)7/h1-8H,9H2;(H,5,6,7). The van der Waals surface area contributed by atoms with Crippen molar-refractivity contribution in [1.29, 1.82) is 0 Å². The Morgan fingerprint density at radius 1 is 1.12 bits per heavy atom. The molecule has 0 radical (unpaired) electrons. The number of hydrogen-bond donors (Lipinski definition) is 1. The summed E-state index contributed by atoms with van der Waals surface area (Å²) >= 11 is 0. The van der Waals surface area contributed by atoms with E-state index in [0.29, 0.717) is 6.54 Å². The molecule has 136 valence electrons. The molecule has 0 aliphatic rings. The number of nitrogens with zero attached hydrogens (tertiary/aromatic N) is 2. The van der Waals surface area contributed by atoms with Gasteiger partial charge in [-0.2, -0.15) is 17.7 Å². The van der Waals surface area contributed by atoms with Crippen LogP contribution in [0, 0.1) is 10.1 Å². The molecule has 0 fully saturated rings. The quantitative estimate of drug-likeness (QED) is 0.284. The lowest BCUT2D eigenvalue weighted by molar-refractivity contribution is -0.694. The van der Waals surface area contributed by atoms with Crippen LogP contribution < -0.4 is 4.57 Å². The van der Waals surface area contributed by atoms with Gasteiger partial charge in [-0.15, -0.1) is 0 Å². The Morgan fingerprint density at radius 3 is 2.04 bits per heavy atom. The molecular formula is C13H11F3N2O6S. The van der Waals surface area contributed by atoms with Crippen LogP contribution in [0.1, 0.15) is 5.56 Å². The van der Waals surface area contributed by atoms with E-state index >= 15 is 0 Å². The number of nitro benzene ring substituents is 1. The van der Waals surface area contributed by atoms with Crippen LogP contribution >= 0.6 is 0 Å². The molecule has 0 aliphatic heterocycles. The number of non-ortho nitro benzene ring substituents is 1. The fraction of sp³-hybridized carbons (Fsp3) is 0.154. The molecule has 25 heavy (non-hydrogen) atoms. The molecule has 0 atom stereocenters. The Labute approximate surface area is 139 Å². The second kappa shape index (κ2) is 7.90. The molecule has 2 aromatic rings. The Hall–Kier alpha value is -2.73. The fourth-order valence-electron chi connectivity index (χ4n) is 1.52. The first-order valence-electron chi connectivity index (χ1n) is 6.35. The summed E-state index contributed by atoms with van der Waals surface area (Å²) in [7, 11) is -6.09. The van der Waals surface area contributed by atoms with Crippen molar-refractivity contribution in [2.75, 3.05) is 0 Å². The highest BCUT2D eigenvalue weighted by Gasteiger charge is 2.36. The topological polar surface area (TPSA) is 124 Å². The van der Waals surface area contributed by atoms with Crippen molar-refractivity contribution >= 4 is 15.8 Å². The van der Waals surface area contributed by atoms with Crippen molar-refractivity contribution in [2.24, 2.45) is 0 Å². The van der Waals surface area contributed by atoms with Crippen LogP contribution in [0.15, 0.2) is 48.7 Å². The number of nitro groups is 1. The van der Waals surface area contributed by atoms with Crippen LogP contribution in [-0.2, 0) is 16.7 Å². The van der Waals surface area contributed by atoms with Gasteiger partial charge in [0, 0.05) is 23.8 Å².